The highest BCUT2D eigenvalue weighted by Crippen LogP contribution is 2.45. The van der Waals surface area contributed by atoms with Gasteiger partial charge in [0.1, 0.15) is 5.56 Å². The number of hydrogen-bond acceptors (Lipinski definition) is 4. The number of carbonyl (C=O) groups is 1. The summed E-state index contributed by atoms with van der Waals surface area (Å²) in [7, 11) is 0. The van der Waals surface area contributed by atoms with Gasteiger partial charge >= 0.3 is 5.97 Å². The summed E-state index contributed by atoms with van der Waals surface area (Å²) >= 11 is 1.86. The molecule has 1 saturated carbocycles. The van der Waals surface area contributed by atoms with Crippen LogP contribution in [0, 0.1) is 13.8 Å². The van der Waals surface area contributed by atoms with E-state index in [4.69, 9.17) is 0 Å². The molecule has 5 rings (SSSR count). The van der Waals surface area contributed by atoms with E-state index >= 15 is 0 Å². The van der Waals surface area contributed by atoms with Crippen LogP contribution >= 0.6 is 11.3 Å². The van der Waals surface area contributed by atoms with Gasteiger partial charge in [-0.3, -0.25) is 9.20 Å². The van der Waals surface area contributed by atoms with Crippen molar-refractivity contribution < 1.29 is 9.90 Å². The Morgan fingerprint density at radius 1 is 1.29 bits per heavy atom. The largest absolute Gasteiger partial charge is 0.477 e. The Balaban J connectivity index is 1.79. The number of hydrogen-bond donors (Lipinski definition) is 2. The van der Waals surface area contributed by atoms with E-state index in [-0.39, 0.29) is 5.56 Å². The quantitative estimate of drug-likeness (QED) is 0.708. The van der Waals surface area contributed by atoms with E-state index in [9.17, 15) is 14.7 Å². The minimum Gasteiger partial charge on any atom is -0.477 e. The fourth-order valence-corrected chi connectivity index (χ4v) is 5.82. The third kappa shape index (κ3) is 2.55. The number of carboxylic acids is 1. The van der Waals surface area contributed by atoms with E-state index in [1.807, 2.05) is 17.4 Å². The second-order valence-electron chi connectivity index (χ2n) is 7.86. The number of nitrogens with one attached hydrogen (secondary N) is 1. The summed E-state index contributed by atoms with van der Waals surface area (Å²) in [4.78, 5) is 27.1. The van der Waals surface area contributed by atoms with Gasteiger partial charge in [0, 0.05) is 29.0 Å². The summed E-state index contributed by atoms with van der Waals surface area (Å²) in [5, 5.41) is 12.9. The van der Waals surface area contributed by atoms with Crippen molar-refractivity contribution in [2.24, 2.45) is 0 Å². The number of aromatic carboxylic acids is 1. The molecule has 4 heterocycles. The smallest absolute Gasteiger partial charge is 0.341 e. The Kier molecular flexibility index (Phi) is 3.96. The molecule has 0 unspecified atom stereocenters. The lowest BCUT2D eigenvalue weighted by Gasteiger charge is -2.15. The van der Waals surface area contributed by atoms with E-state index in [0.717, 1.165) is 54.6 Å². The zero-order chi connectivity index (χ0) is 19.6. The molecule has 2 aliphatic rings. The maximum absolute atomic E-state index is 12.8. The molecule has 28 heavy (non-hydrogen) atoms. The number of carboxylic acid groups (broad SMARTS) is 1. The Labute approximate surface area is 166 Å². The van der Waals surface area contributed by atoms with Crippen LogP contribution in [0.5, 0.6) is 0 Å². The minimum absolute atomic E-state index is 0.139. The molecule has 5 nitrogen and oxygen atoms in total. The standard InChI is InChI=1S/C22H22N2O3S/c1-11-14(20-12(2)17-10-23-7-5-18(17)28-20)6-8-24-19(11)15(13-3-4-13)9-16(21(24)25)22(26)27/h6,8-9,13,23H,3-5,7,10H2,1-2H3,(H,26,27). The summed E-state index contributed by atoms with van der Waals surface area (Å²) in [5.74, 6) is -0.804. The van der Waals surface area contributed by atoms with Crippen LogP contribution in [0.25, 0.3) is 16.0 Å². The molecule has 0 bridgehead atoms. The van der Waals surface area contributed by atoms with Gasteiger partial charge in [-0.25, -0.2) is 4.79 Å². The highest BCUT2D eigenvalue weighted by atomic mass is 32.1. The first-order valence-electron chi connectivity index (χ1n) is 9.71. The van der Waals surface area contributed by atoms with Crippen LogP contribution in [-0.2, 0) is 13.0 Å². The van der Waals surface area contributed by atoms with Gasteiger partial charge in [-0.1, -0.05) is 0 Å². The summed E-state index contributed by atoms with van der Waals surface area (Å²) in [5.41, 5.74) is 6.24. The fraction of sp³-hybridized carbons (Fsp3) is 0.364. The molecule has 1 aliphatic heterocycles. The highest BCUT2D eigenvalue weighted by Gasteiger charge is 2.30. The topological polar surface area (TPSA) is 70.8 Å². The third-order valence-corrected chi connectivity index (χ3v) is 7.52. The van der Waals surface area contributed by atoms with Crippen LogP contribution in [-0.4, -0.2) is 22.0 Å². The second-order valence-corrected chi connectivity index (χ2v) is 8.96. The first kappa shape index (κ1) is 17.6. The Hall–Kier alpha value is -2.44. The molecule has 6 heteroatoms. The van der Waals surface area contributed by atoms with Crippen LogP contribution in [0.2, 0.25) is 0 Å². The third-order valence-electron chi connectivity index (χ3n) is 6.09. The monoisotopic (exact) mass is 394 g/mol. The van der Waals surface area contributed by atoms with Gasteiger partial charge in [-0.15, -0.1) is 11.3 Å². The molecule has 0 spiro atoms. The predicted octanol–water partition coefficient (Wildman–Crippen LogP) is 3.87. The molecular formula is C22H22N2O3S. The van der Waals surface area contributed by atoms with E-state index in [1.54, 1.807) is 16.7 Å². The fourth-order valence-electron chi connectivity index (χ4n) is 4.41. The van der Waals surface area contributed by atoms with E-state index < -0.39 is 11.5 Å². The van der Waals surface area contributed by atoms with Crippen LogP contribution in [0.3, 0.4) is 0 Å². The van der Waals surface area contributed by atoms with Crippen molar-refractivity contribution in [2.75, 3.05) is 6.54 Å². The molecule has 3 aromatic rings. The number of nitrogens with zero attached hydrogens (tertiary/aromatic N) is 1. The van der Waals surface area contributed by atoms with Crippen molar-refractivity contribution in [2.45, 2.75) is 45.6 Å². The number of fused-ring (bicyclic) bond motifs is 2. The average molecular weight is 394 g/mol. The van der Waals surface area contributed by atoms with Crippen molar-refractivity contribution in [3.63, 3.8) is 0 Å². The maximum Gasteiger partial charge on any atom is 0.341 e. The number of aromatic nitrogens is 1. The van der Waals surface area contributed by atoms with Crippen molar-refractivity contribution in [1.82, 2.24) is 9.72 Å². The molecule has 0 atom stereocenters. The molecule has 3 aromatic heterocycles. The van der Waals surface area contributed by atoms with Gasteiger partial charge in [-0.05, 0) is 79.0 Å². The Bertz CT molecular complexity index is 1200. The molecule has 0 amide bonds. The van der Waals surface area contributed by atoms with Crippen LogP contribution in [0.4, 0.5) is 0 Å². The molecular weight excluding hydrogens is 372 g/mol. The van der Waals surface area contributed by atoms with Crippen LogP contribution < -0.4 is 10.9 Å². The summed E-state index contributed by atoms with van der Waals surface area (Å²) < 4.78 is 1.54. The summed E-state index contributed by atoms with van der Waals surface area (Å²) in [6.45, 7) is 6.18. The molecule has 0 radical (unpaired) electrons. The first-order chi connectivity index (χ1) is 13.5. The normalized spacial score (nSPS) is 16.4. The number of pyridine rings is 2. The van der Waals surface area contributed by atoms with Gasteiger partial charge in [0.05, 0.1) is 5.52 Å². The Morgan fingerprint density at radius 3 is 2.75 bits per heavy atom. The van der Waals surface area contributed by atoms with Crippen LogP contribution in [0.15, 0.2) is 23.1 Å². The molecule has 144 valence electrons. The molecule has 1 fully saturated rings. The first-order valence-corrected chi connectivity index (χ1v) is 10.5. The predicted molar refractivity (Wildman–Crippen MR) is 111 cm³/mol. The van der Waals surface area contributed by atoms with Crippen LogP contribution in [0.1, 0.15) is 56.2 Å². The minimum atomic E-state index is -1.16. The van der Waals surface area contributed by atoms with Crippen molar-refractivity contribution >= 4 is 22.8 Å². The maximum atomic E-state index is 12.8. The molecule has 0 aromatic carbocycles. The van der Waals surface area contributed by atoms with Gasteiger partial charge in [0.25, 0.3) is 5.56 Å². The van der Waals surface area contributed by atoms with Crippen molar-refractivity contribution in [3.05, 3.63) is 61.4 Å². The summed E-state index contributed by atoms with van der Waals surface area (Å²) in [6, 6.07) is 3.59. The van der Waals surface area contributed by atoms with Gasteiger partial charge in [-0.2, -0.15) is 0 Å². The van der Waals surface area contributed by atoms with Crippen molar-refractivity contribution in [1.29, 1.82) is 0 Å². The van der Waals surface area contributed by atoms with Gasteiger partial charge in [0.15, 0.2) is 0 Å². The van der Waals surface area contributed by atoms with E-state index in [0.29, 0.717) is 5.92 Å². The molecule has 2 N–H and O–H groups in total. The summed E-state index contributed by atoms with van der Waals surface area (Å²) in [6.07, 6.45) is 4.92. The lowest BCUT2D eigenvalue weighted by Crippen LogP contribution is -2.23. The SMILES string of the molecule is Cc1c(-c2ccn3c(=O)c(C(=O)O)cc(C4CC4)c3c2C)sc2c1CNCC2. The number of rotatable bonds is 3. The highest BCUT2D eigenvalue weighted by molar-refractivity contribution is 7.16. The number of aryl methyl sites for hydroxylation is 1. The van der Waals surface area contributed by atoms with E-state index in [2.05, 4.69) is 19.2 Å². The lowest BCUT2D eigenvalue weighted by molar-refractivity contribution is 0.0694. The van der Waals surface area contributed by atoms with E-state index in [1.165, 1.54) is 20.9 Å². The lowest BCUT2D eigenvalue weighted by atomic mass is 9.97. The zero-order valence-electron chi connectivity index (χ0n) is 16.0. The molecule has 1 aliphatic carbocycles. The molecule has 0 saturated heterocycles. The van der Waals surface area contributed by atoms with Gasteiger partial charge in [0.2, 0.25) is 0 Å². The average Bonchev–Trinajstić information content (AvgIpc) is 3.47. The van der Waals surface area contributed by atoms with Gasteiger partial charge < -0.3 is 10.4 Å². The van der Waals surface area contributed by atoms with Crippen molar-refractivity contribution in [3.8, 4) is 10.4 Å². The Morgan fingerprint density at radius 2 is 2.07 bits per heavy atom. The number of thiophene rings is 1. The zero-order valence-corrected chi connectivity index (χ0v) is 16.8. The second kappa shape index (κ2) is 6.29.